The first-order valence-corrected chi connectivity index (χ1v) is 5.02. The maximum absolute atomic E-state index is 8.98. The minimum absolute atomic E-state index is 0.153. The SMILES string of the molecule is CC(C)Nc1nn(C(C)C)c(N)c1C#N. The Morgan fingerprint density at radius 3 is 2.40 bits per heavy atom. The highest BCUT2D eigenvalue weighted by atomic mass is 15.4. The first-order chi connectivity index (χ1) is 6.97. The minimum atomic E-state index is 0.153. The largest absolute Gasteiger partial charge is 0.383 e. The zero-order valence-electron chi connectivity index (χ0n) is 9.57. The fourth-order valence-electron chi connectivity index (χ4n) is 1.33. The van der Waals surface area contributed by atoms with Gasteiger partial charge >= 0.3 is 0 Å². The van der Waals surface area contributed by atoms with E-state index in [0.29, 0.717) is 17.2 Å². The molecular formula is C10H17N5. The molecule has 0 fully saturated rings. The molecule has 5 nitrogen and oxygen atoms in total. The highest BCUT2D eigenvalue weighted by molar-refractivity contribution is 5.64. The van der Waals surface area contributed by atoms with Crippen molar-refractivity contribution in [2.75, 3.05) is 11.1 Å². The molecule has 0 aliphatic carbocycles. The lowest BCUT2D eigenvalue weighted by Gasteiger charge is -2.07. The van der Waals surface area contributed by atoms with Gasteiger partial charge in [-0.05, 0) is 27.7 Å². The molecule has 1 heterocycles. The second kappa shape index (κ2) is 4.22. The maximum atomic E-state index is 8.98. The standard InChI is InChI=1S/C10H17N5/c1-6(2)13-10-8(5-11)9(12)15(14-10)7(3)4/h6-7H,12H2,1-4H3,(H,13,14). The van der Waals surface area contributed by atoms with E-state index in [1.807, 2.05) is 27.7 Å². The van der Waals surface area contributed by atoms with Crippen LogP contribution in [-0.2, 0) is 0 Å². The summed E-state index contributed by atoms with van der Waals surface area (Å²) in [5, 5.41) is 16.4. The molecule has 0 aromatic carbocycles. The van der Waals surface area contributed by atoms with Gasteiger partial charge in [0, 0.05) is 12.1 Å². The van der Waals surface area contributed by atoms with Gasteiger partial charge in [0.1, 0.15) is 17.5 Å². The molecule has 0 radical (unpaired) electrons. The molecule has 0 saturated carbocycles. The van der Waals surface area contributed by atoms with Gasteiger partial charge in [-0.3, -0.25) is 0 Å². The molecule has 15 heavy (non-hydrogen) atoms. The summed E-state index contributed by atoms with van der Waals surface area (Å²) in [7, 11) is 0. The molecule has 0 unspecified atom stereocenters. The van der Waals surface area contributed by atoms with Crippen LogP contribution < -0.4 is 11.1 Å². The van der Waals surface area contributed by atoms with Crippen molar-refractivity contribution in [3.05, 3.63) is 5.56 Å². The molecule has 3 N–H and O–H groups in total. The second-order valence-corrected chi connectivity index (χ2v) is 4.06. The second-order valence-electron chi connectivity index (χ2n) is 4.06. The summed E-state index contributed by atoms with van der Waals surface area (Å²) in [6.07, 6.45) is 0. The fraction of sp³-hybridized carbons (Fsp3) is 0.600. The van der Waals surface area contributed by atoms with Gasteiger partial charge in [0.05, 0.1) is 0 Å². The van der Waals surface area contributed by atoms with Gasteiger partial charge in [0.15, 0.2) is 5.82 Å². The number of nitrogens with one attached hydrogen (secondary N) is 1. The molecule has 1 rings (SSSR count). The van der Waals surface area contributed by atoms with Gasteiger partial charge in [0.2, 0.25) is 0 Å². The lowest BCUT2D eigenvalue weighted by atomic mass is 10.3. The Morgan fingerprint density at radius 1 is 1.40 bits per heavy atom. The van der Waals surface area contributed by atoms with Gasteiger partial charge in [-0.1, -0.05) is 0 Å². The molecular weight excluding hydrogens is 190 g/mol. The number of hydrogen-bond donors (Lipinski definition) is 2. The average molecular weight is 207 g/mol. The van der Waals surface area contributed by atoms with Crippen molar-refractivity contribution < 1.29 is 0 Å². The Balaban J connectivity index is 3.17. The molecule has 0 aliphatic rings. The molecule has 0 aliphatic heterocycles. The Bertz CT molecular complexity index is 383. The summed E-state index contributed by atoms with van der Waals surface area (Å²) in [4.78, 5) is 0. The molecule has 5 heteroatoms. The Labute approximate surface area is 89.9 Å². The van der Waals surface area contributed by atoms with E-state index >= 15 is 0 Å². The smallest absolute Gasteiger partial charge is 0.168 e. The van der Waals surface area contributed by atoms with Crippen LogP contribution in [0.5, 0.6) is 0 Å². The molecule has 82 valence electrons. The minimum Gasteiger partial charge on any atom is -0.383 e. The summed E-state index contributed by atoms with van der Waals surface area (Å²) < 4.78 is 1.66. The van der Waals surface area contributed by atoms with Crippen molar-refractivity contribution in [1.82, 2.24) is 9.78 Å². The van der Waals surface area contributed by atoms with Crippen molar-refractivity contribution in [3.8, 4) is 6.07 Å². The van der Waals surface area contributed by atoms with Crippen LogP contribution in [0, 0.1) is 11.3 Å². The van der Waals surface area contributed by atoms with E-state index in [9.17, 15) is 0 Å². The predicted molar refractivity (Wildman–Crippen MR) is 60.5 cm³/mol. The summed E-state index contributed by atoms with van der Waals surface area (Å²) >= 11 is 0. The number of hydrogen-bond acceptors (Lipinski definition) is 4. The number of nitriles is 1. The molecule has 1 aromatic heterocycles. The van der Waals surface area contributed by atoms with E-state index in [2.05, 4.69) is 16.5 Å². The molecule has 1 aromatic rings. The molecule has 0 atom stereocenters. The Kier molecular flexibility index (Phi) is 3.20. The van der Waals surface area contributed by atoms with Crippen LogP contribution in [0.4, 0.5) is 11.6 Å². The third-order valence-corrected chi connectivity index (χ3v) is 1.97. The molecule has 0 saturated heterocycles. The number of nitrogens with zero attached hydrogens (tertiary/aromatic N) is 3. The van der Waals surface area contributed by atoms with Gasteiger partial charge in [0.25, 0.3) is 0 Å². The van der Waals surface area contributed by atoms with E-state index in [1.165, 1.54) is 0 Å². The van der Waals surface area contributed by atoms with Crippen molar-refractivity contribution in [1.29, 1.82) is 5.26 Å². The van der Waals surface area contributed by atoms with Crippen LogP contribution in [0.1, 0.15) is 39.3 Å². The number of rotatable bonds is 3. The predicted octanol–water partition coefficient (Wildman–Crippen LogP) is 1.74. The van der Waals surface area contributed by atoms with Crippen LogP contribution in [-0.4, -0.2) is 15.8 Å². The number of anilines is 2. The van der Waals surface area contributed by atoms with Gasteiger partial charge in [-0.2, -0.15) is 10.4 Å². The number of aromatic nitrogens is 2. The summed E-state index contributed by atoms with van der Waals surface area (Å²) in [5.74, 6) is 0.995. The van der Waals surface area contributed by atoms with Crippen molar-refractivity contribution in [2.45, 2.75) is 39.8 Å². The lowest BCUT2D eigenvalue weighted by Crippen LogP contribution is -2.12. The normalized spacial score (nSPS) is 10.7. The average Bonchev–Trinajstić information content (AvgIpc) is 2.41. The molecule has 0 amide bonds. The van der Waals surface area contributed by atoms with E-state index < -0.39 is 0 Å². The number of nitrogen functional groups attached to an aromatic ring is 1. The Morgan fingerprint density at radius 2 is 2.00 bits per heavy atom. The van der Waals surface area contributed by atoms with Crippen LogP contribution >= 0.6 is 0 Å². The van der Waals surface area contributed by atoms with Crippen molar-refractivity contribution >= 4 is 11.6 Å². The highest BCUT2D eigenvalue weighted by Crippen LogP contribution is 2.23. The first kappa shape index (κ1) is 11.4. The fourth-order valence-corrected chi connectivity index (χ4v) is 1.33. The maximum Gasteiger partial charge on any atom is 0.168 e. The van der Waals surface area contributed by atoms with E-state index in [4.69, 9.17) is 11.0 Å². The van der Waals surface area contributed by atoms with Gasteiger partial charge in [-0.15, -0.1) is 0 Å². The first-order valence-electron chi connectivity index (χ1n) is 5.02. The molecule has 0 spiro atoms. The van der Waals surface area contributed by atoms with Gasteiger partial charge in [-0.25, -0.2) is 4.68 Å². The summed E-state index contributed by atoms with van der Waals surface area (Å²) in [5.41, 5.74) is 6.26. The van der Waals surface area contributed by atoms with Crippen LogP contribution in [0.2, 0.25) is 0 Å². The van der Waals surface area contributed by atoms with E-state index in [-0.39, 0.29) is 12.1 Å². The zero-order valence-corrected chi connectivity index (χ0v) is 9.57. The molecule has 0 bridgehead atoms. The topological polar surface area (TPSA) is 79.7 Å². The Hall–Kier alpha value is -1.70. The summed E-state index contributed by atoms with van der Waals surface area (Å²) in [6.45, 7) is 7.94. The van der Waals surface area contributed by atoms with Crippen LogP contribution in [0.3, 0.4) is 0 Å². The lowest BCUT2D eigenvalue weighted by molar-refractivity contribution is 0.541. The van der Waals surface area contributed by atoms with E-state index in [0.717, 1.165) is 0 Å². The highest BCUT2D eigenvalue weighted by Gasteiger charge is 2.17. The number of nitrogens with two attached hydrogens (primary N) is 1. The quantitative estimate of drug-likeness (QED) is 0.791. The third kappa shape index (κ3) is 2.21. The van der Waals surface area contributed by atoms with Crippen molar-refractivity contribution in [2.24, 2.45) is 0 Å². The third-order valence-electron chi connectivity index (χ3n) is 1.97. The van der Waals surface area contributed by atoms with Crippen LogP contribution in [0.15, 0.2) is 0 Å². The van der Waals surface area contributed by atoms with Crippen LogP contribution in [0.25, 0.3) is 0 Å². The van der Waals surface area contributed by atoms with Crippen molar-refractivity contribution in [3.63, 3.8) is 0 Å². The zero-order chi connectivity index (χ0) is 11.6. The van der Waals surface area contributed by atoms with E-state index in [1.54, 1.807) is 4.68 Å². The monoisotopic (exact) mass is 207 g/mol. The summed E-state index contributed by atoms with van der Waals surface area (Å²) in [6, 6.07) is 2.45. The van der Waals surface area contributed by atoms with Gasteiger partial charge < -0.3 is 11.1 Å².